The van der Waals surface area contributed by atoms with Crippen LogP contribution in [-0.4, -0.2) is 46.8 Å². The van der Waals surface area contributed by atoms with E-state index in [2.05, 4.69) is 15.6 Å². The molecule has 0 aliphatic rings. The number of halogens is 1. The average molecular weight is 557 g/mol. The Morgan fingerprint density at radius 3 is 2.48 bits per heavy atom. The van der Waals surface area contributed by atoms with E-state index in [1.165, 1.54) is 17.7 Å². The summed E-state index contributed by atoms with van der Waals surface area (Å²) in [6.07, 6.45) is 0.0680. The molecular formula is C26H29FN6O7. The van der Waals surface area contributed by atoms with E-state index in [0.29, 0.717) is 26.2 Å². The molecule has 2 heterocycles. The zero-order chi connectivity index (χ0) is 29.0. The van der Waals surface area contributed by atoms with Gasteiger partial charge in [-0.25, -0.2) is 23.9 Å². The van der Waals surface area contributed by atoms with Crippen LogP contribution >= 0.6 is 0 Å². The highest BCUT2D eigenvalue weighted by molar-refractivity contribution is 5.83. The molecule has 4 rings (SSSR count). The third kappa shape index (κ3) is 5.51. The molecule has 4 aromatic rings. The zero-order valence-electron chi connectivity index (χ0n) is 22.5. The standard InChI is InChI=1S/C26H29FN6O7/c1-5-38-23-14-22-21(13-17(23)27)33(37)25(15(4)32(22)36)28-16-8-9-19-18(12-16)29-30-31(19)20(26(35)40-7-3)10-11-24(34)39-6-2/h8-9,12-14,20,28H,5-7,10-11H2,1-4H3. The number of nitrogens with zero attached hydrogens (tertiary/aromatic N) is 5. The molecule has 40 heavy (non-hydrogen) atoms. The van der Waals surface area contributed by atoms with Gasteiger partial charge in [-0.05, 0) is 39.3 Å². The molecule has 0 fully saturated rings. The lowest BCUT2D eigenvalue weighted by Crippen LogP contribution is -2.43. The first-order valence-electron chi connectivity index (χ1n) is 12.8. The molecule has 0 spiro atoms. The quantitative estimate of drug-likeness (QED) is 0.165. The van der Waals surface area contributed by atoms with Gasteiger partial charge in [-0.3, -0.25) is 4.79 Å². The number of benzene rings is 2. The Hall–Kier alpha value is -4.75. The van der Waals surface area contributed by atoms with Gasteiger partial charge in [-0.2, -0.15) is 4.73 Å². The second-order valence-electron chi connectivity index (χ2n) is 8.70. The fourth-order valence-electron chi connectivity index (χ4n) is 4.26. The summed E-state index contributed by atoms with van der Waals surface area (Å²) in [4.78, 5) is 24.6. The number of hydrogen-bond donors (Lipinski definition) is 1. The maximum absolute atomic E-state index is 14.5. The Balaban J connectivity index is 1.68. The fraction of sp³-hybridized carbons (Fsp3) is 0.385. The number of esters is 2. The SMILES string of the molecule is CCOC(=O)CCC(C(=O)OCC)n1nnc2cc(Nc3c(C)[n+]([O-])c4cc(OCC)c(F)cc4[n+]3[O-])ccc21. The Bertz CT molecular complexity index is 1570. The summed E-state index contributed by atoms with van der Waals surface area (Å²) in [5, 5.41) is 37.3. The first-order valence-corrected chi connectivity index (χ1v) is 12.8. The molecule has 14 heteroatoms. The van der Waals surface area contributed by atoms with Gasteiger partial charge in [0.2, 0.25) is 5.52 Å². The fourth-order valence-corrected chi connectivity index (χ4v) is 4.26. The van der Waals surface area contributed by atoms with E-state index in [1.54, 1.807) is 39.0 Å². The van der Waals surface area contributed by atoms with Crippen LogP contribution in [0.25, 0.3) is 22.1 Å². The molecule has 13 nitrogen and oxygen atoms in total. The second kappa shape index (κ2) is 12.0. The van der Waals surface area contributed by atoms with Crippen LogP contribution in [0, 0.1) is 23.2 Å². The summed E-state index contributed by atoms with van der Waals surface area (Å²) >= 11 is 0. The van der Waals surface area contributed by atoms with E-state index in [-0.39, 0.29) is 61.0 Å². The number of nitrogens with one attached hydrogen (secondary N) is 1. The molecule has 2 aromatic heterocycles. The van der Waals surface area contributed by atoms with Crippen LogP contribution < -0.4 is 19.5 Å². The van der Waals surface area contributed by atoms with Gasteiger partial charge in [0.15, 0.2) is 17.6 Å². The second-order valence-corrected chi connectivity index (χ2v) is 8.70. The van der Waals surface area contributed by atoms with E-state index < -0.39 is 23.8 Å². The van der Waals surface area contributed by atoms with Crippen LogP contribution in [0.15, 0.2) is 30.3 Å². The molecule has 0 saturated heterocycles. The van der Waals surface area contributed by atoms with Gasteiger partial charge in [0.25, 0.3) is 11.2 Å². The number of aromatic nitrogens is 5. The van der Waals surface area contributed by atoms with Gasteiger partial charge in [0, 0.05) is 25.5 Å². The Kier molecular flexibility index (Phi) is 8.46. The van der Waals surface area contributed by atoms with Crippen LogP contribution in [0.1, 0.15) is 45.3 Å². The first kappa shape index (κ1) is 28.3. The lowest BCUT2D eigenvalue weighted by molar-refractivity contribution is -0.623. The van der Waals surface area contributed by atoms with Crippen molar-refractivity contribution in [1.82, 2.24) is 15.0 Å². The lowest BCUT2D eigenvalue weighted by atomic mass is 10.1. The Morgan fingerprint density at radius 1 is 1.05 bits per heavy atom. The molecule has 0 saturated carbocycles. The minimum atomic E-state index is -0.921. The summed E-state index contributed by atoms with van der Waals surface area (Å²) in [5.41, 5.74) is 1.04. The normalized spacial score (nSPS) is 11.9. The minimum Gasteiger partial charge on any atom is -0.710 e. The third-order valence-electron chi connectivity index (χ3n) is 6.13. The lowest BCUT2D eigenvalue weighted by Gasteiger charge is -2.16. The van der Waals surface area contributed by atoms with E-state index in [9.17, 15) is 24.4 Å². The smallest absolute Gasteiger partial charge is 0.352 e. The van der Waals surface area contributed by atoms with Crippen molar-refractivity contribution in [2.75, 3.05) is 25.1 Å². The average Bonchev–Trinajstić information content (AvgIpc) is 3.34. The summed E-state index contributed by atoms with van der Waals surface area (Å²) in [5.74, 6) is -2.03. The highest BCUT2D eigenvalue weighted by Gasteiger charge is 2.28. The monoisotopic (exact) mass is 556 g/mol. The number of anilines is 2. The minimum absolute atomic E-state index is 0.0229. The van der Waals surface area contributed by atoms with Crippen molar-refractivity contribution in [3.63, 3.8) is 0 Å². The van der Waals surface area contributed by atoms with E-state index in [4.69, 9.17) is 14.2 Å². The molecule has 1 atom stereocenters. The maximum atomic E-state index is 14.5. The summed E-state index contributed by atoms with van der Waals surface area (Å²) in [6.45, 7) is 7.06. The van der Waals surface area contributed by atoms with Crippen molar-refractivity contribution in [2.24, 2.45) is 0 Å². The van der Waals surface area contributed by atoms with E-state index in [0.717, 1.165) is 6.07 Å². The van der Waals surface area contributed by atoms with Crippen LogP contribution in [-0.2, 0) is 19.1 Å². The van der Waals surface area contributed by atoms with Gasteiger partial charge in [0.05, 0.1) is 31.4 Å². The molecular weight excluding hydrogens is 527 g/mol. The predicted octanol–water partition coefficient (Wildman–Crippen LogP) is 2.89. The zero-order valence-corrected chi connectivity index (χ0v) is 22.5. The molecule has 1 unspecified atom stereocenters. The number of carbonyl (C=O) groups is 2. The number of carbonyl (C=O) groups excluding carboxylic acids is 2. The Morgan fingerprint density at radius 2 is 1.77 bits per heavy atom. The molecule has 0 amide bonds. The molecule has 0 aliphatic carbocycles. The number of rotatable bonds is 11. The molecule has 0 radical (unpaired) electrons. The summed E-state index contributed by atoms with van der Waals surface area (Å²) in [7, 11) is 0. The van der Waals surface area contributed by atoms with Crippen molar-refractivity contribution in [1.29, 1.82) is 0 Å². The van der Waals surface area contributed by atoms with Gasteiger partial charge in [0.1, 0.15) is 11.2 Å². The molecule has 212 valence electrons. The summed E-state index contributed by atoms with van der Waals surface area (Å²) < 4.78 is 32.2. The van der Waals surface area contributed by atoms with Crippen molar-refractivity contribution < 1.29 is 37.7 Å². The van der Waals surface area contributed by atoms with Gasteiger partial charge in [-0.15, -0.1) is 5.10 Å². The topological polar surface area (TPSA) is 158 Å². The Labute approximate surface area is 228 Å². The van der Waals surface area contributed by atoms with Crippen molar-refractivity contribution in [2.45, 2.75) is 46.6 Å². The van der Waals surface area contributed by atoms with Gasteiger partial charge < -0.3 is 24.6 Å². The van der Waals surface area contributed by atoms with Gasteiger partial charge in [-0.1, -0.05) is 5.21 Å². The first-order chi connectivity index (χ1) is 19.2. The van der Waals surface area contributed by atoms with E-state index in [1.807, 2.05) is 0 Å². The highest BCUT2D eigenvalue weighted by Crippen LogP contribution is 2.27. The predicted molar refractivity (Wildman–Crippen MR) is 140 cm³/mol. The van der Waals surface area contributed by atoms with Crippen LogP contribution in [0.3, 0.4) is 0 Å². The van der Waals surface area contributed by atoms with Crippen LogP contribution in [0.5, 0.6) is 5.75 Å². The molecule has 0 bridgehead atoms. The number of hydrogen-bond acceptors (Lipinski definition) is 10. The number of fused-ring (bicyclic) bond motifs is 2. The van der Waals surface area contributed by atoms with E-state index >= 15 is 0 Å². The van der Waals surface area contributed by atoms with Crippen molar-refractivity contribution >= 4 is 45.5 Å². The van der Waals surface area contributed by atoms with Gasteiger partial charge >= 0.3 is 17.8 Å². The highest BCUT2D eigenvalue weighted by atomic mass is 19.1. The summed E-state index contributed by atoms with van der Waals surface area (Å²) in [6, 6.07) is 6.03. The van der Waals surface area contributed by atoms with Crippen LogP contribution in [0.2, 0.25) is 0 Å². The number of ether oxygens (including phenoxy) is 3. The largest absolute Gasteiger partial charge is 0.710 e. The molecule has 1 N–H and O–H groups in total. The van der Waals surface area contributed by atoms with Crippen molar-refractivity contribution in [3.8, 4) is 5.75 Å². The third-order valence-corrected chi connectivity index (χ3v) is 6.13. The van der Waals surface area contributed by atoms with Crippen molar-refractivity contribution in [3.05, 3.63) is 52.3 Å². The van der Waals surface area contributed by atoms with Crippen LogP contribution in [0.4, 0.5) is 15.9 Å². The molecule has 2 aromatic carbocycles. The molecule has 0 aliphatic heterocycles. The maximum Gasteiger partial charge on any atom is 0.352 e.